The number of hydrogen-bond acceptors (Lipinski definition) is 5. The summed E-state index contributed by atoms with van der Waals surface area (Å²) < 4.78 is 30.2. The van der Waals surface area contributed by atoms with Gasteiger partial charge in [0, 0.05) is 23.9 Å². The lowest BCUT2D eigenvalue weighted by molar-refractivity contribution is -0.181. The van der Waals surface area contributed by atoms with E-state index in [2.05, 4.69) is 24.0 Å². The van der Waals surface area contributed by atoms with Crippen LogP contribution in [0.4, 0.5) is 8.78 Å². The molecule has 2 atom stereocenters. The number of nitrogens with two attached hydrogens (primary N) is 1. The predicted molar refractivity (Wildman–Crippen MR) is 109 cm³/mol. The van der Waals surface area contributed by atoms with Gasteiger partial charge in [-0.3, -0.25) is 0 Å². The summed E-state index contributed by atoms with van der Waals surface area (Å²) in [5.74, 6) is 7.37. The first kappa shape index (κ1) is 19.8. The fourth-order valence-corrected chi connectivity index (χ4v) is 5.66. The van der Waals surface area contributed by atoms with E-state index in [0.29, 0.717) is 37.6 Å². The zero-order valence-corrected chi connectivity index (χ0v) is 17.1. The molecule has 2 saturated carbocycles. The average Bonchev–Trinajstić information content (AvgIpc) is 3.47. The molecule has 1 aliphatic heterocycles. The minimum atomic E-state index is -2.76. The van der Waals surface area contributed by atoms with Gasteiger partial charge in [0.05, 0.1) is 6.10 Å². The van der Waals surface area contributed by atoms with E-state index in [0.717, 1.165) is 36.0 Å². The number of fused-ring (bicyclic) bond motifs is 3. The van der Waals surface area contributed by atoms with Crippen LogP contribution in [0.15, 0.2) is 23.2 Å². The molecule has 5 nitrogen and oxygen atoms in total. The number of halogens is 2. The van der Waals surface area contributed by atoms with Crippen molar-refractivity contribution < 1.29 is 18.6 Å². The Hall–Kier alpha value is -2.17. The van der Waals surface area contributed by atoms with Crippen LogP contribution in [-0.2, 0) is 16.7 Å². The average molecular weight is 415 g/mol. The van der Waals surface area contributed by atoms with Gasteiger partial charge in [0.1, 0.15) is 5.54 Å². The van der Waals surface area contributed by atoms with Gasteiger partial charge in [0.15, 0.2) is 12.2 Å². The molecule has 0 radical (unpaired) electrons. The molecule has 7 heteroatoms. The van der Waals surface area contributed by atoms with E-state index < -0.39 is 24.5 Å². The number of aliphatic hydroxyl groups excluding tert-OH is 1. The number of guanidine groups is 1. The van der Waals surface area contributed by atoms with Gasteiger partial charge in [-0.1, -0.05) is 17.9 Å². The van der Waals surface area contributed by atoms with E-state index in [1.54, 1.807) is 11.9 Å². The van der Waals surface area contributed by atoms with Crippen molar-refractivity contribution in [2.24, 2.45) is 22.1 Å². The topological polar surface area (TPSA) is 71.1 Å². The SMILES string of the molecule is CN1C(N)=N[C@]2(c3cc(C#CC4CC4)ccc3CC23CCC(OC(F)F)CC3)[C@@H]1O. The van der Waals surface area contributed by atoms with Gasteiger partial charge < -0.3 is 20.5 Å². The maximum absolute atomic E-state index is 12.7. The molecule has 2 fully saturated rings. The van der Waals surface area contributed by atoms with Crippen LogP contribution in [0.25, 0.3) is 0 Å². The summed E-state index contributed by atoms with van der Waals surface area (Å²) in [6.45, 7) is -2.76. The third-order valence-electron chi connectivity index (χ3n) is 7.43. The molecule has 0 aromatic heterocycles. The molecule has 4 aliphatic rings. The second-order valence-corrected chi connectivity index (χ2v) is 9.19. The highest BCUT2D eigenvalue weighted by molar-refractivity contribution is 5.82. The minimum Gasteiger partial charge on any atom is -0.371 e. The molecule has 0 unspecified atom stereocenters. The summed E-state index contributed by atoms with van der Waals surface area (Å²) in [7, 11) is 1.74. The number of alkyl halides is 2. The lowest BCUT2D eigenvalue weighted by Crippen LogP contribution is -2.54. The molecule has 0 bridgehead atoms. The summed E-state index contributed by atoms with van der Waals surface area (Å²) in [6, 6.07) is 6.17. The number of aliphatic imine (C=N–C) groups is 1. The molecular formula is C23H27F2N3O2. The van der Waals surface area contributed by atoms with Gasteiger partial charge in [0.2, 0.25) is 0 Å². The van der Waals surface area contributed by atoms with Crippen molar-refractivity contribution in [3.05, 3.63) is 34.9 Å². The van der Waals surface area contributed by atoms with Crippen molar-refractivity contribution in [2.75, 3.05) is 7.05 Å². The molecule has 5 rings (SSSR count). The van der Waals surface area contributed by atoms with Crippen molar-refractivity contribution in [3.8, 4) is 11.8 Å². The van der Waals surface area contributed by atoms with Crippen molar-refractivity contribution >= 4 is 5.96 Å². The molecule has 1 aromatic carbocycles. The summed E-state index contributed by atoms with van der Waals surface area (Å²) in [4.78, 5) is 6.48. The molecule has 2 spiro atoms. The second kappa shape index (κ2) is 6.93. The van der Waals surface area contributed by atoms with E-state index in [9.17, 15) is 13.9 Å². The van der Waals surface area contributed by atoms with Crippen molar-refractivity contribution in [3.63, 3.8) is 0 Å². The normalized spacial score (nSPS) is 35.0. The van der Waals surface area contributed by atoms with E-state index >= 15 is 0 Å². The van der Waals surface area contributed by atoms with E-state index in [1.165, 1.54) is 0 Å². The number of aliphatic hydroxyl groups is 1. The number of hydrogen-bond donors (Lipinski definition) is 2. The van der Waals surface area contributed by atoms with E-state index in [4.69, 9.17) is 15.5 Å². The van der Waals surface area contributed by atoms with Gasteiger partial charge in [-0.15, -0.1) is 0 Å². The largest absolute Gasteiger partial charge is 0.371 e. The Morgan fingerprint density at radius 1 is 1.27 bits per heavy atom. The van der Waals surface area contributed by atoms with Gasteiger partial charge in [0.25, 0.3) is 0 Å². The third kappa shape index (κ3) is 2.92. The molecule has 0 amide bonds. The fourth-order valence-electron chi connectivity index (χ4n) is 5.66. The summed E-state index contributed by atoms with van der Waals surface area (Å²) in [5, 5.41) is 11.4. The van der Waals surface area contributed by atoms with Crippen LogP contribution in [-0.4, -0.2) is 42.0 Å². The Balaban J connectivity index is 1.55. The Morgan fingerprint density at radius 3 is 2.60 bits per heavy atom. The number of ether oxygens (including phenoxy) is 1. The first-order chi connectivity index (χ1) is 14.3. The fraction of sp³-hybridized carbons (Fsp3) is 0.609. The quantitative estimate of drug-likeness (QED) is 0.729. The van der Waals surface area contributed by atoms with E-state index in [-0.39, 0.29) is 5.41 Å². The molecule has 0 saturated heterocycles. The molecule has 30 heavy (non-hydrogen) atoms. The van der Waals surface area contributed by atoms with E-state index in [1.807, 2.05) is 6.07 Å². The van der Waals surface area contributed by atoms with Crippen molar-refractivity contribution in [1.82, 2.24) is 4.90 Å². The monoisotopic (exact) mass is 415 g/mol. The molecular weight excluding hydrogens is 388 g/mol. The number of rotatable bonds is 2. The maximum Gasteiger partial charge on any atom is 0.345 e. The highest BCUT2D eigenvalue weighted by Crippen LogP contribution is 2.63. The highest BCUT2D eigenvalue weighted by Gasteiger charge is 2.65. The zero-order valence-electron chi connectivity index (χ0n) is 17.1. The van der Waals surface area contributed by atoms with Crippen molar-refractivity contribution in [2.45, 2.75) is 69.4 Å². The van der Waals surface area contributed by atoms with Crippen LogP contribution < -0.4 is 5.73 Å². The van der Waals surface area contributed by atoms with Gasteiger partial charge in [-0.25, -0.2) is 4.99 Å². The standard InChI is InChI=1S/C23H27F2N3O2/c1-28-19(29)23(27-21(28)26)18-12-15(5-4-14-2-3-14)6-7-16(18)13-22(23)10-8-17(9-11-22)30-20(24)25/h6-7,12,14,17,19-20,29H,2-3,8-11,13H2,1H3,(H2,26,27)/t17?,19-,22?,23+/m0/s1. The molecule has 160 valence electrons. The summed E-state index contributed by atoms with van der Waals surface area (Å²) >= 11 is 0. The van der Waals surface area contributed by atoms with Crippen LogP contribution in [0, 0.1) is 23.2 Å². The minimum absolute atomic E-state index is 0.301. The highest BCUT2D eigenvalue weighted by atomic mass is 19.3. The van der Waals surface area contributed by atoms with Crippen LogP contribution in [0.2, 0.25) is 0 Å². The molecule has 1 heterocycles. The Bertz CT molecular complexity index is 942. The van der Waals surface area contributed by atoms with Gasteiger partial charge in [-0.2, -0.15) is 8.78 Å². The molecule has 3 aliphatic carbocycles. The summed E-state index contributed by atoms with van der Waals surface area (Å²) in [6.07, 6.45) is 4.01. The molecule has 1 aromatic rings. The lowest BCUT2D eigenvalue weighted by Gasteiger charge is -2.48. The predicted octanol–water partition coefficient (Wildman–Crippen LogP) is 2.95. The Labute approximate surface area is 175 Å². The van der Waals surface area contributed by atoms with Gasteiger partial charge in [-0.05, 0) is 68.2 Å². The van der Waals surface area contributed by atoms with Crippen molar-refractivity contribution in [1.29, 1.82) is 0 Å². The second-order valence-electron chi connectivity index (χ2n) is 9.19. The zero-order chi connectivity index (χ0) is 21.1. The Morgan fingerprint density at radius 2 is 2.00 bits per heavy atom. The van der Waals surface area contributed by atoms with Crippen LogP contribution >= 0.6 is 0 Å². The Kier molecular flexibility index (Phi) is 4.57. The number of benzene rings is 1. The first-order valence-electron chi connectivity index (χ1n) is 10.7. The summed E-state index contributed by atoms with van der Waals surface area (Å²) in [5.41, 5.74) is 7.90. The maximum atomic E-state index is 12.7. The molecule has 3 N–H and O–H groups in total. The lowest BCUT2D eigenvalue weighted by atomic mass is 9.61. The van der Waals surface area contributed by atoms with Gasteiger partial charge >= 0.3 is 6.61 Å². The van der Waals surface area contributed by atoms with Crippen LogP contribution in [0.5, 0.6) is 0 Å². The van der Waals surface area contributed by atoms with Crippen LogP contribution in [0.3, 0.4) is 0 Å². The number of nitrogens with zero attached hydrogens (tertiary/aromatic N) is 2. The van der Waals surface area contributed by atoms with Crippen LogP contribution in [0.1, 0.15) is 55.2 Å². The number of likely N-dealkylation sites (N-methyl/N-ethyl adjacent to an activating group) is 1. The third-order valence-corrected chi connectivity index (χ3v) is 7.43. The smallest absolute Gasteiger partial charge is 0.345 e. The first-order valence-corrected chi connectivity index (χ1v) is 10.7.